The summed E-state index contributed by atoms with van der Waals surface area (Å²) in [5, 5.41) is 2.72. The third-order valence-corrected chi connectivity index (χ3v) is 5.85. The Balaban J connectivity index is 1.70. The van der Waals surface area contributed by atoms with Crippen LogP contribution in [0.15, 0.2) is 58.5 Å². The summed E-state index contributed by atoms with van der Waals surface area (Å²) in [6.45, 7) is 3.22. The van der Waals surface area contributed by atoms with Crippen molar-refractivity contribution in [2.24, 2.45) is 0 Å². The van der Waals surface area contributed by atoms with Crippen LogP contribution in [0.2, 0.25) is 0 Å². The molecule has 30 heavy (non-hydrogen) atoms. The van der Waals surface area contributed by atoms with Crippen LogP contribution < -0.4 is 15.6 Å². The normalized spacial score (nSPS) is 11.7. The van der Waals surface area contributed by atoms with Gasteiger partial charge in [-0.1, -0.05) is 12.1 Å². The molecule has 1 amide bonds. The van der Waals surface area contributed by atoms with Gasteiger partial charge in [0.1, 0.15) is 12.4 Å². The number of rotatable bonds is 7. The number of carbonyl (C=O) groups is 1. The summed E-state index contributed by atoms with van der Waals surface area (Å²) in [6, 6.07) is 9.64. The molecule has 0 bridgehead atoms. The van der Waals surface area contributed by atoms with Crippen molar-refractivity contribution in [1.82, 2.24) is 19.6 Å². The van der Waals surface area contributed by atoms with E-state index >= 15 is 0 Å². The lowest BCUT2D eigenvalue weighted by molar-refractivity contribution is -0.121. The molecule has 1 aromatic heterocycles. The third-order valence-electron chi connectivity index (χ3n) is 4.19. The van der Waals surface area contributed by atoms with Crippen LogP contribution in [0, 0.1) is 5.82 Å². The molecule has 0 aliphatic rings. The predicted octanol–water partition coefficient (Wildman–Crippen LogP) is 1.54. The van der Waals surface area contributed by atoms with Gasteiger partial charge in [0.2, 0.25) is 15.9 Å². The van der Waals surface area contributed by atoms with Crippen LogP contribution in [-0.2, 0) is 27.9 Å². The van der Waals surface area contributed by atoms with Crippen LogP contribution in [0.25, 0.3) is 10.9 Å². The summed E-state index contributed by atoms with van der Waals surface area (Å²) in [7, 11) is -3.65. The lowest BCUT2D eigenvalue weighted by Crippen LogP contribution is -2.32. The number of halogens is 1. The molecular weight excluding hydrogens is 411 g/mol. The number of hydrogen-bond donors (Lipinski definition) is 2. The van der Waals surface area contributed by atoms with E-state index in [2.05, 4.69) is 15.0 Å². The number of hydrogen-bond acceptors (Lipinski definition) is 5. The Morgan fingerprint density at radius 3 is 2.70 bits per heavy atom. The van der Waals surface area contributed by atoms with Gasteiger partial charge in [-0.25, -0.2) is 22.5 Å². The average molecular weight is 432 g/mol. The second kappa shape index (κ2) is 8.72. The third kappa shape index (κ3) is 5.08. The van der Waals surface area contributed by atoms with E-state index in [0.29, 0.717) is 11.1 Å². The highest BCUT2D eigenvalue weighted by molar-refractivity contribution is 7.89. The van der Waals surface area contributed by atoms with Crippen molar-refractivity contribution >= 4 is 26.8 Å². The summed E-state index contributed by atoms with van der Waals surface area (Å²) in [6.07, 6.45) is 1.23. The van der Waals surface area contributed by atoms with Crippen molar-refractivity contribution in [3.8, 4) is 0 Å². The first kappa shape index (κ1) is 21.6. The van der Waals surface area contributed by atoms with E-state index < -0.39 is 27.3 Å². The zero-order valence-electron chi connectivity index (χ0n) is 16.4. The highest BCUT2D eigenvalue weighted by atomic mass is 32.2. The van der Waals surface area contributed by atoms with Gasteiger partial charge in [0, 0.05) is 12.6 Å². The van der Waals surface area contributed by atoms with Crippen molar-refractivity contribution in [3.05, 3.63) is 70.5 Å². The number of nitrogens with one attached hydrogen (secondary N) is 2. The number of fused-ring (bicyclic) bond motifs is 1. The first-order chi connectivity index (χ1) is 14.2. The van der Waals surface area contributed by atoms with E-state index in [1.165, 1.54) is 30.6 Å². The Labute approximate surface area is 172 Å². The molecule has 158 valence electrons. The first-order valence-electron chi connectivity index (χ1n) is 9.18. The summed E-state index contributed by atoms with van der Waals surface area (Å²) in [5.41, 5.74) is 0.398. The zero-order chi connectivity index (χ0) is 21.9. The number of benzene rings is 2. The number of nitrogens with zero attached hydrogens (tertiary/aromatic N) is 2. The highest BCUT2D eigenvalue weighted by Crippen LogP contribution is 2.12. The fraction of sp³-hybridized carbons (Fsp3) is 0.250. The lowest BCUT2D eigenvalue weighted by Gasteiger charge is -2.11. The highest BCUT2D eigenvalue weighted by Gasteiger charge is 2.16. The summed E-state index contributed by atoms with van der Waals surface area (Å²) < 4.78 is 41.5. The van der Waals surface area contributed by atoms with Crippen molar-refractivity contribution in [1.29, 1.82) is 0 Å². The number of amides is 1. The number of carbonyl (C=O) groups excluding carboxylic acids is 1. The maximum atomic E-state index is 13.4. The summed E-state index contributed by atoms with van der Waals surface area (Å²) in [5.74, 6) is -1.03. The molecule has 10 heteroatoms. The molecule has 0 atom stereocenters. The molecular formula is C20H21FN4O4S. The van der Waals surface area contributed by atoms with Crippen LogP contribution in [0.5, 0.6) is 0 Å². The topological polar surface area (TPSA) is 110 Å². The molecule has 2 N–H and O–H groups in total. The number of sulfonamides is 1. The molecule has 0 radical (unpaired) electrons. The van der Waals surface area contributed by atoms with Crippen molar-refractivity contribution in [2.75, 3.05) is 0 Å². The Kier molecular flexibility index (Phi) is 6.28. The van der Waals surface area contributed by atoms with Gasteiger partial charge in [-0.2, -0.15) is 0 Å². The van der Waals surface area contributed by atoms with E-state index in [9.17, 15) is 22.4 Å². The molecule has 0 fully saturated rings. The molecule has 3 aromatic rings. The quantitative estimate of drug-likeness (QED) is 0.589. The molecule has 8 nitrogen and oxygen atoms in total. The second-order valence-corrected chi connectivity index (χ2v) is 8.75. The van der Waals surface area contributed by atoms with Crippen LogP contribution in [0.3, 0.4) is 0 Å². The minimum absolute atomic E-state index is 0.0776. The maximum absolute atomic E-state index is 13.4. The van der Waals surface area contributed by atoms with Crippen molar-refractivity contribution < 1.29 is 17.6 Å². The largest absolute Gasteiger partial charge is 0.350 e. The molecule has 0 unspecified atom stereocenters. The smallest absolute Gasteiger partial charge is 0.261 e. The van der Waals surface area contributed by atoms with Gasteiger partial charge < -0.3 is 5.32 Å². The fourth-order valence-corrected chi connectivity index (χ4v) is 4.18. The van der Waals surface area contributed by atoms with E-state index in [0.717, 1.165) is 10.6 Å². The summed E-state index contributed by atoms with van der Waals surface area (Å²) >= 11 is 0. The maximum Gasteiger partial charge on any atom is 0.261 e. The van der Waals surface area contributed by atoms with E-state index in [1.54, 1.807) is 26.0 Å². The SMILES string of the molecule is CC(C)NS(=O)(=O)c1cccc(CNC(=O)Cn2cnc3ccc(F)cc3c2=O)c1. The minimum Gasteiger partial charge on any atom is -0.350 e. The van der Waals surface area contributed by atoms with Gasteiger partial charge in [0.15, 0.2) is 0 Å². The van der Waals surface area contributed by atoms with Crippen molar-refractivity contribution in [3.63, 3.8) is 0 Å². The van der Waals surface area contributed by atoms with Gasteiger partial charge in [0.25, 0.3) is 5.56 Å². The van der Waals surface area contributed by atoms with Crippen LogP contribution in [-0.4, -0.2) is 29.9 Å². The Bertz CT molecular complexity index is 1260. The molecule has 0 aliphatic heterocycles. The molecule has 0 spiro atoms. The molecule has 0 aliphatic carbocycles. The number of aromatic nitrogens is 2. The molecule has 0 saturated heterocycles. The van der Waals surface area contributed by atoms with Gasteiger partial charge >= 0.3 is 0 Å². The predicted molar refractivity (Wildman–Crippen MR) is 110 cm³/mol. The van der Waals surface area contributed by atoms with E-state index in [-0.39, 0.29) is 29.4 Å². The fourth-order valence-electron chi connectivity index (χ4n) is 2.86. The molecule has 1 heterocycles. The Hall–Kier alpha value is -3.11. The van der Waals surface area contributed by atoms with Crippen LogP contribution in [0.1, 0.15) is 19.4 Å². The Morgan fingerprint density at radius 1 is 1.20 bits per heavy atom. The lowest BCUT2D eigenvalue weighted by atomic mass is 10.2. The first-order valence-corrected chi connectivity index (χ1v) is 10.7. The average Bonchev–Trinajstić information content (AvgIpc) is 2.68. The molecule has 3 rings (SSSR count). The standard InChI is InChI=1S/C20H21FN4O4S/c1-13(2)24-30(28,29)16-5-3-4-14(8-16)10-22-19(26)11-25-12-23-18-7-6-15(21)9-17(18)20(25)27/h3-9,12-13,24H,10-11H2,1-2H3,(H,22,26). The molecule has 2 aromatic carbocycles. The zero-order valence-corrected chi connectivity index (χ0v) is 17.2. The second-order valence-electron chi connectivity index (χ2n) is 7.04. The van der Waals surface area contributed by atoms with E-state index in [4.69, 9.17) is 0 Å². The van der Waals surface area contributed by atoms with Crippen LogP contribution in [0.4, 0.5) is 4.39 Å². The Morgan fingerprint density at radius 2 is 1.97 bits per heavy atom. The summed E-state index contributed by atoms with van der Waals surface area (Å²) in [4.78, 5) is 28.9. The van der Waals surface area contributed by atoms with Gasteiger partial charge in [0.05, 0.1) is 22.1 Å². The minimum atomic E-state index is -3.65. The monoisotopic (exact) mass is 432 g/mol. The van der Waals surface area contributed by atoms with Gasteiger partial charge in [-0.15, -0.1) is 0 Å². The van der Waals surface area contributed by atoms with Gasteiger partial charge in [-0.3, -0.25) is 14.2 Å². The van der Waals surface area contributed by atoms with E-state index in [1.807, 2.05) is 0 Å². The van der Waals surface area contributed by atoms with Gasteiger partial charge in [-0.05, 0) is 49.7 Å². The van der Waals surface area contributed by atoms with Crippen LogP contribution >= 0.6 is 0 Å². The van der Waals surface area contributed by atoms with Crippen molar-refractivity contribution in [2.45, 2.75) is 37.9 Å². The molecule has 0 saturated carbocycles.